The van der Waals surface area contributed by atoms with E-state index in [0.29, 0.717) is 11.5 Å². The summed E-state index contributed by atoms with van der Waals surface area (Å²) in [7, 11) is 2.07. The quantitative estimate of drug-likeness (QED) is 0.793. The molecule has 0 radical (unpaired) electrons. The predicted molar refractivity (Wildman–Crippen MR) is 68.8 cm³/mol. The van der Waals surface area contributed by atoms with Gasteiger partial charge in [-0.2, -0.15) is 0 Å². The predicted octanol–water partition coefficient (Wildman–Crippen LogP) is 1.73. The lowest BCUT2D eigenvalue weighted by Crippen LogP contribution is -2.41. The molecule has 0 aromatic rings. The van der Waals surface area contributed by atoms with Crippen molar-refractivity contribution in [3.63, 3.8) is 0 Å². The van der Waals surface area contributed by atoms with Gasteiger partial charge in [-0.15, -0.1) is 0 Å². The zero-order valence-electron chi connectivity index (χ0n) is 11.4. The van der Waals surface area contributed by atoms with Crippen LogP contribution in [0.25, 0.3) is 0 Å². The van der Waals surface area contributed by atoms with Crippen molar-refractivity contribution in [2.45, 2.75) is 39.7 Å². The second kappa shape index (κ2) is 6.58. The first kappa shape index (κ1) is 13.9. The first-order chi connectivity index (χ1) is 7.54. The average Bonchev–Trinajstić information content (AvgIpc) is 2.45. The normalized spacial score (nSPS) is 21.8. The standard InChI is InChI=1S/C13H28N2O/c1-13(2,3)12(14-4)6-8-15-7-5-10-16-11-9-15/h12,14H,5-11H2,1-4H3. The fourth-order valence-corrected chi connectivity index (χ4v) is 2.34. The fourth-order valence-electron chi connectivity index (χ4n) is 2.34. The Balaban J connectivity index is 2.30. The molecule has 0 amide bonds. The third-order valence-electron chi connectivity index (χ3n) is 3.44. The molecule has 1 fully saturated rings. The molecule has 1 N–H and O–H groups in total. The largest absolute Gasteiger partial charge is 0.380 e. The molecule has 1 saturated heterocycles. The van der Waals surface area contributed by atoms with Crippen LogP contribution in [-0.4, -0.2) is 50.8 Å². The van der Waals surface area contributed by atoms with E-state index < -0.39 is 0 Å². The number of hydrogen-bond donors (Lipinski definition) is 1. The van der Waals surface area contributed by atoms with E-state index in [4.69, 9.17) is 4.74 Å². The highest BCUT2D eigenvalue weighted by Crippen LogP contribution is 2.21. The second-order valence-electron chi connectivity index (χ2n) is 5.80. The van der Waals surface area contributed by atoms with Gasteiger partial charge in [0.1, 0.15) is 0 Å². The zero-order chi connectivity index (χ0) is 12.0. The van der Waals surface area contributed by atoms with Crippen LogP contribution in [0.5, 0.6) is 0 Å². The van der Waals surface area contributed by atoms with E-state index in [1.54, 1.807) is 0 Å². The van der Waals surface area contributed by atoms with Gasteiger partial charge in [0.15, 0.2) is 0 Å². The molecule has 1 heterocycles. The number of rotatable bonds is 4. The first-order valence-corrected chi connectivity index (χ1v) is 6.51. The Morgan fingerprint density at radius 2 is 2.00 bits per heavy atom. The van der Waals surface area contributed by atoms with Crippen LogP contribution in [0.1, 0.15) is 33.6 Å². The topological polar surface area (TPSA) is 24.5 Å². The first-order valence-electron chi connectivity index (χ1n) is 6.51. The maximum Gasteiger partial charge on any atom is 0.0593 e. The summed E-state index contributed by atoms with van der Waals surface area (Å²) >= 11 is 0. The van der Waals surface area contributed by atoms with Gasteiger partial charge in [-0.1, -0.05) is 20.8 Å². The van der Waals surface area contributed by atoms with Gasteiger partial charge in [0.05, 0.1) is 6.61 Å². The van der Waals surface area contributed by atoms with Gasteiger partial charge in [-0.25, -0.2) is 0 Å². The minimum absolute atomic E-state index is 0.344. The molecule has 1 atom stereocenters. The molecule has 1 aliphatic rings. The van der Waals surface area contributed by atoms with Gasteiger partial charge >= 0.3 is 0 Å². The Morgan fingerprint density at radius 1 is 1.25 bits per heavy atom. The van der Waals surface area contributed by atoms with Crippen molar-refractivity contribution in [3.05, 3.63) is 0 Å². The molecule has 1 unspecified atom stereocenters. The van der Waals surface area contributed by atoms with Crippen LogP contribution in [0.15, 0.2) is 0 Å². The molecule has 3 heteroatoms. The number of hydrogen-bond acceptors (Lipinski definition) is 3. The van der Waals surface area contributed by atoms with E-state index in [2.05, 4.69) is 38.0 Å². The molecular formula is C13H28N2O. The van der Waals surface area contributed by atoms with E-state index in [9.17, 15) is 0 Å². The highest BCUT2D eigenvalue weighted by molar-refractivity contribution is 4.80. The van der Waals surface area contributed by atoms with Gasteiger partial charge in [0.25, 0.3) is 0 Å². The highest BCUT2D eigenvalue weighted by Gasteiger charge is 2.23. The third kappa shape index (κ3) is 4.81. The average molecular weight is 228 g/mol. The smallest absolute Gasteiger partial charge is 0.0593 e. The van der Waals surface area contributed by atoms with Crippen molar-refractivity contribution in [3.8, 4) is 0 Å². The molecule has 0 spiro atoms. The van der Waals surface area contributed by atoms with Gasteiger partial charge in [0.2, 0.25) is 0 Å². The number of nitrogens with zero attached hydrogens (tertiary/aromatic N) is 1. The lowest BCUT2D eigenvalue weighted by Gasteiger charge is -2.32. The Bertz CT molecular complexity index is 181. The van der Waals surface area contributed by atoms with Crippen molar-refractivity contribution in [2.24, 2.45) is 5.41 Å². The van der Waals surface area contributed by atoms with Crippen molar-refractivity contribution in [2.75, 3.05) is 39.9 Å². The maximum absolute atomic E-state index is 5.47. The summed E-state index contributed by atoms with van der Waals surface area (Å²) < 4.78 is 5.47. The van der Waals surface area contributed by atoms with Crippen LogP contribution >= 0.6 is 0 Å². The monoisotopic (exact) mass is 228 g/mol. The third-order valence-corrected chi connectivity index (χ3v) is 3.44. The van der Waals surface area contributed by atoms with E-state index in [1.165, 1.54) is 25.9 Å². The lowest BCUT2D eigenvalue weighted by atomic mass is 9.85. The van der Waals surface area contributed by atoms with Crippen LogP contribution in [0.3, 0.4) is 0 Å². The zero-order valence-corrected chi connectivity index (χ0v) is 11.4. The highest BCUT2D eigenvalue weighted by atomic mass is 16.5. The van der Waals surface area contributed by atoms with Crippen LogP contribution in [0, 0.1) is 5.41 Å². The Morgan fingerprint density at radius 3 is 2.62 bits per heavy atom. The van der Waals surface area contributed by atoms with Gasteiger partial charge in [-0.05, 0) is 31.8 Å². The Hall–Kier alpha value is -0.120. The van der Waals surface area contributed by atoms with Gasteiger partial charge in [0, 0.05) is 25.7 Å². The van der Waals surface area contributed by atoms with Gasteiger partial charge < -0.3 is 15.0 Å². The molecule has 0 saturated carbocycles. The van der Waals surface area contributed by atoms with Crippen molar-refractivity contribution in [1.82, 2.24) is 10.2 Å². The van der Waals surface area contributed by atoms with Crippen LogP contribution < -0.4 is 5.32 Å². The molecule has 0 bridgehead atoms. The molecule has 0 aromatic carbocycles. The van der Waals surface area contributed by atoms with Crippen LogP contribution in [0.4, 0.5) is 0 Å². The lowest BCUT2D eigenvalue weighted by molar-refractivity contribution is 0.139. The number of ether oxygens (including phenoxy) is 1. The summed E-state index contributed by atoms with van der Waals surface area (Å²) in [4.78, 5) is 2.53. The van der Waals surface area contributed by atoms with E-state index in [-0.39, 0.29) is 0 Å². The molecule has 0 aliphatic carbocycles. The maximum atomic E-state index is 5.47. The summed E-state index contributed by atoms with van der Waals surface area (Å²) in [5, 5.41) is 3.44. The summed E-state index contributed by atoms with van der Waals surface area (Å²) in [6.45, 7) is 12.2. The van der Waals surface area contributed by atoms with Crippen molar-refractivity contribution in [1.29, 1.82) is 0 Å². The van der Waals surface area contributed by atoms with Crippen LogP contribution in [0.2, 0.25) is 0 Å². The summed E-state index contributed by atoms with van der Waals surface area (Å²) in [5.41, 5.74) is 0.344. The van der Waals surface area contributed by atoms with Gasteiger partial charge in [-0.3, -0.25) is 0 Å². The van der Waals surface area contributed by atoms with Crippen LogP contribution in [-0.2, 0) is 4.74 Å². The fraction of sp³-hybridized carbons (Fsp3) is 1.00. The minimum atomic E-state index is 0.344. The number of nitrogens with one attached hydrogen (secondary N) is 1. The minimum Gasteiger partial charge on any atom is -0.380 e. The molecule has 0 aromatic heterocycles. The summed E-state index contributed by atoms with van der Waals surface area (Å²) in [6, 6.07) is 0.594. The molecule has 3 nitrogen and oxygen atoms in total. The Kier molecular flexibility index (Phi) is 5.73. The van der Waals surface area contributed by atoms with Crippen molar-refractivity contribution < 1.29 is 4.74 Å². The van der Waals surface area contributed by atoms with E-state index in [1.807, 2.05) is 0 Å². The summed E-state index contributed by atoms with van der Waals surface area (Å²) in [5.74, 6) is 0. The van der Waals surface area contributed by atoms with Crippen molar-refractivity contribution >= 4 is 0 Å². The molecular weight excluding hydrogens is 200 g/mol. The molecule has 16 heavy (non-hydrogen) atoms. The second-order valence-corrected chi connectivity index (χ2v) is 5.80. The molecule has 96 valence electrons. The summed E-state index contributed by atoms with van der Waals surface area (Å²) in [6.07, 6.45) is 2.40. The Labute approximate surface area is 101 Å². The van der Waals surface area contributed by atoms with E-state index >= 15 is 0 Å². The molecule has 1 rings (SSSR count). The molecule has 1 aliphatic heterocycles. The van der Waals surface area contributed by atoms with E-state index in [0.717, 1.165) is 19.8 Å². The SMILES string of the molecule is CNC(CCN1CCCOCC1)C(C)(C)C.